The Morgan fingerprint density at radius 3 is 2.59 bits per heavy atom. The van der Waals surface area contributed by atoms with Crippen LogP contribution in [0.2, 0.25) is 0 Å². The summed E-state index contributed by atoms with van der Waals surface area (Å²) in [6.45, 7) is 8.47. The summed E-state index contributed by atoms with van der Waals surface area (Å²) in [5, 5.41) is 0. The van der Waals surface area contributed by atoms with Gasteiger partial charge in [-0.15, -0.1) is 0 Å². The van der Waals surface area contributed by atoms with Crippen molar-refractivity contribution in [2.45, 2.75) is 39.3 Å². The standard InChI is InChI=1S/C13H24N2O2/c1-8-4-9(2)10(3)15(5-8)13(16)11-6-17-7-12(11)14/h8-12H,4-7,14H2,1-3H3. The number of carbonyl (C=O) groups excluding carboxylic acids is 1. The average Bonchev–Trinajstić information content (AvgIpc) is 2.69. The number of rotatable bonds is 1. The van der Waals surface area contributed by atoms with Crippen LogP contribution in [0.3, 0.4) is 0 Å². The summed E-state index contributed by atoms with van der Waals surface area (Å²) in [6.07, 6.45) is 1.21. The van der Waals surface area contributed by atoms with Gasteiger partial charge in [-0.3, -0.25) is 4.79 Å². The number of nitrogens with two attached hydrogens (primary N) is 1. The largest absolute Gasteiger partial charge is 0.379 e. The summed E-state index contributed by atoms with van der Waals surface area (Å²) in [6, 6.07) is 0.203. The van der Waals surface area contributed by atoms with Gasteiger partial charge in [0.05, 0.1) is 19.1 Å². The van der Waals surface area contributed by atoms with Gasteiger partial charge in [0.2, 0.25) is 5.91 Å². The molecule has 4 heteroatoms. The van der Waals surface area contributed by atoms with Crippen molar-refractivity contribution in [2.24, 2.45) is 23.5 Å². The molecule has 0 aromatic carbocycles. The van der Waals surface area contributed by atoms with Gasteiger partial charge in [0.25, 0.3) is 0 Å². The van der Waals surface area contributed by atoms with E-state index in [-0.39, 0.29) is 17.9 Å². The lowest BCUT2D eigenvalue weighted by molar-refractivity contribution is -0.141. The SMILES string of the molecule is CC1CC(C)C(C)N(C(=O)C2COCC2N)C1. The van der Waals surface area contributed by atoms with Crippen molar-refractivity contribution >= 4 is 5.91 Å². The maximum Gasteiger partial charge on any atom is 0.229 e. The third-order valence-corrected chi connectivity index (χ3v) is 4.32. The van der Waals surface area contributed by atoms with E-state index in [9.17, 15) is 4.79 Å². The number of ether oxygens (including phenoxy) is 1. The highest BCUT2D eigenvalue weighted by molar-refractivity contribution is 5.80. The summed E-state index contributed by atoms with van der Waals surface area (Å²) >= 11 is 0. The van der Waals surface area contributed by atoms with Gasteiger partial charge in [0.1, 0.15) is 0 Å². The minimum absolute atomic E-state index is 0.123. The first kappa shape index (κ1) is 12.8. The molecular weight excluding hydrogens is 216 g/mol. The molecule has 0 aliphatic carbocycles. The molecule has 2 fully saturated rings. The van der Waals surface area contributed by atoms with E-state index in [2.05, 4.69) is 20.8 Å². The number of amides is 1. The normalized spacial score (nSPS) is 42.8. The van der Waals surface area contributed by atoms with Crippen LogP contribution in [0.1, 0.15) is 27.2 Å². The van der Waals surface area contributed by atoms with E-state index in [4.69, 9.17) is 10.5 Å². The minimum Gasteiger partial charge on any atom is -0.379 e. The Kier molecular flexibility index (Phi) is 3.73. The van der Waals surface area contributed by atoms with E-state index in [1.54, 1.807) is 0 Å². The molecule has 2 N–H and O–H groups in total. The zero-order valence-corrected chi connectivity index (χ0v) is 11.1. The molecule has 0 aromatic heterocycles. The second kappa shape index (κ2) is 4.94. The first-order valence-corrected chi connectivity index (χ1v) is 6.64. The molecule has 4 nitrogen and oxygen atoms in total. The maximum atomic E-state index is 12.5. The number of nitrogens with zero attached hydrogens (tertiary/aromatic N) is 1. The first-order chi connectivity index (χ1) is 8.00. The Hall–Kier alpha value is -0.610. The zero-order valence-electron chi connectivity index (χ0n) is 11.1. The van der Waals surface area contributed by atoms with Gasteiger partial charge in [-0.25, -0.2) is 0 Å². The lowest BCUT2D eigenvalue weighted by atomic mass is 9.85. The highest BCUT2D eigenvalue weighted by atomic mass is 16.5. The van der Waals surface area contributed by atoms with E-state index < -0.39 is 0 Å². The van der Waals surface area contributed by atoms with Crippen LogP contribution >= 0.6 is 0 Å². The molecule has 17 heavy (non-hydrogen) atoms. The van der Waals surface area contributed by atoms with E-state index in [0.29, 0.717) is 31.1 Å². The van der Waals surface area contributed by atoms with Crippen LogP contribution < -0.4 is 5.73 Å². The third-order valence-electron chi connectivity index (χ3n) is 4.32. The summed E-state index contributed by atoms with van der Waals surface area (Å²) in [4.78, 5) is 14.5. The van der Waals surface area contributed by atoms with E-state index in [0.717, 1.165) is 6.54 Å². The summed E-state index contributed by atoms with van der Waals surface area (Å²) < 4.78 is 5.30. The number of piperidine rings is 1. The molecule has 2 saturated heterocycles. The molecule has 5 unspecified atom stereocenters. The van der Waals surface area contributed by atoms with Crippen LogP contribution in [0.15, 0.2) is 0 Å². The molecule has 0 saturated carbocycles. The molecule has 0 bridgehead atoms. The molecule has 2 rings (SSSR count). The molecule has 5 atom stereocenters. The van der Waals surface area contributed by atoms with Crippen molar-refractivity contribution in [1.29, 1.82) is 0 Å². The van der Waals surface area contributed by atoms with Gasteiger partial charge in [0, 0.05) is 18.6 Å². The fraction of sp³-hybridized carbons (Fsp3) is 0.923. The van der Waals surface area contributed by atoms with Gasteiger partial charge in [-0.1, -0.05) is 13.8 Å². The molecule has 98 valence electrons. The van der Waals surface area contributed by atoms with Crippen LogP contribution in [0.25, 0.3) is 0 Å². The Labute approximate surface area is 103 Å². The number of carbonyl (C=O) groups is 1. The monoisotopic (exact) mass is 240 g/mol. The molecule has 1 amide bonds. The van der Waals surface area contributed by atoms with E-state index in [1.165, 1.54) is 6.42 Å². The average molecular weight is 240 g/mol. The van der Waals surface area contributed by atoms with Crippen LogP contribution in [-0.4, -0.2) is 42.6 Å². The number of likely N-dealkylation sites (tertiary alicyclic amines) is 1. The minimum atomic E-state index is -0.130. The lowest BCUT2D eigenvalue weighted by Crippen LogP contribution is -2.53. The fourth-order valence-electron chi connectivity index (χ4n) is 3.04. The van der Waals surface area contributed by atoms with Gasteiger partial charge < -0.3 is 15.4 Å². The Bertz CT molecular complexity index is 295. The van der Waals surface area contributed by atoms with Crippen LogP contribution in [0.4, 0.5) is 0 Å². The zero-order chi connectivity index (χ0) is 12.6. The molecule has 0 aromatic rings. The Balaban J connectivity index is 2.07. The van der Waals surface area contributed by atoms with E-state index in [1.807, 2.05) is 4.90 Å². The predicted octanol–water partition coefficient (Wildman–Crippen LogP) is 0.853. The second-order valence-corrected chi connectivity index (χ2v) is 5.86. The third kappa shape index (κ3) is 2.47. The van der Waals surface area contributed by atoms with Crippen molar-refractivity contribution in [3.63, 3.8) is 0 Å². The number of hydrogen-bond donors (Lipinski definition) is 1. The van der Waals surface area contributed by atoms with Crippen LogP contribution in [0, 0.1) is 17.8 Å². The smallest absolute Gasteiger partial charge is 0.229 e. The van der Waals surface area contributed by atoms with E-state index >= 15 is 0 Å². The molecule has 2 aliphatic rings. The van der Waals surface area contributed by atoms with Gasteiger partial charge in [-0.2, -0.15) is 0 Å². The highest BCUT2D eigenvalue weighted by Crippen LogP contribution is 2.29. The number of hydrogen-bond acceptors (Lipinski definition) is 3. The maximum absolute atomic E-state index is 12.5. The van der Waals surface area contributed by atoms with Crippen LogP contribution in [0.5, 0.6) is 0 Å². The van der Waals surface area contributed by atoms with Crippen molar-refractivity contribution in [3.05, 3.63) is 0 Å². The fourth-order valence-corrected chi connectivity index (χ4v) is 3.04. The first-order valence-electron chi connectivity index (χ1n) is 6.64. The van der Waals surface area contributed by atoms with Gasteiger partial charge in [0.15, 0.2) is 0 Å². The highest BCUT2D eigenvalue weighted by Gasteiger charge is 2.39. The van der Waals surface area contributed by atoms with Gasteiger partial charge >= 0.3 is 0 Å². The molecular formula is C13H24N2O2. The molecule has 0 radical (unpaired) electrons. The summed E-state index contributed by atoms with van der Waals surface area (Å²) in [7, 11) is 0. The Morgan fingerprint density at radius 1 is 1.29 bits per heavy atom. The molecule has 2 aliphatic heterocycles. The van der Waals surface area contributed by atoms with Crippen molar-refractivity contribution < 1.29 is 9.53 Å². The lowest BCUT2D eigenvalue weighted by Gasteiger charge is -2.42. The Morgan fingerprint density at radius 2 is 2.00 bits per heavy atom. The predicted molar refractivity (Wildman–Crippen MR) is 66.4 cm³/mol. The summed E-state index contributed by atoms with van der Waals surface area (Å²) in [5.41, 5.74) is 5.93. The molecule has 0 spiro atoms. The second-order valence-electron chi connectivity index (χ2n) is 5.86. The van der Waals surface area contributed by atoms with Crippen LogP contribution in [-0.2, 0) is 9.53 Å². The van der Waals surface area contributed by atoms with Crippen molar-refractivity contribution in [3.8, 4) is 0 Å². The topological polar surface area (TPSA) is 55.6 Å². The van der Waals surface area contributed by atoms with Crippen molar-refractivity contribution in [2.75, 3.05) is 19.8 Å². The van der Waals surface area contributed by atoms with Gasteiger partial charge in [-0.05, 0) is 25.2 Å². The summed E-state index contributed by atoms with van der Waals surface area (Å²) in [5.74, 6) is 1.22. The quantitative estimate of drug-likeness (QED) is 0.739. The van der Waals surface area contributed by atoms with Crippen molar-refractivity contribution in [1.82, 2.24) is 4.90 Å². The molecule has 2 heterocycles.